The van der Waals surface area contributed by atoms with Crippen molar-refractivity contribution in [2.24, 2.45) is 5.73 Å². The van der Waals surface area contributed by atoms with Crippen LogP contribution in [0.4, 0.5) is 11.5 Å². The highest BCUT2D eigenvalue weighted by Gasteiger charge is 2.22. The van der Waals surface area contributed by atoms with Crippen LogP contribution in [0.2, 0.25) is 0 Å². The van der Waals surface area contributed by atoms with E-state index in [4.69, 9.17) is 25.9 Å². The van der Waals surface area contributed by atoms with Crippen molar-refractivity contribution in [3.05, 3.63) is 18.5 Å². The third-order valence-electron chi connectivity index (χ3n) is 4.25. The number of imidazole rings is 1. The van der Waals surface area contributed by atoms with Crippen LogP contribution < -0.4 is 25.8 Å². The quantitative estimate of drug-likeness (QED) is 0.651. The zero-order valence-corrected chi connectivity index (χ0v) is 16.0. The van der Waals surface area contributed by atoms with Crippen LogP contribution in [0.1, 0.15) is 6.42 Å². The van der Waals surface area contributed by atoms with Gasteiger partial charge in [0.2, 0.25) is 6.79 Å². The second-order valence-corrected chi connectivity index (χ2v) is 7.30. The molecule has 1 aliphatic rings. The first kappa shape index (κ1) is 17.7. The number of nitrogens with two attached hydrogens (primary N) is 2. The summed E-state index contributed by atoms with van der Waals surface area (Å²) in [5, 5.41) is 0.785. The third-order valence-corrected chi connectivity index (χ3v) is 5.29. The average Bonchev–Trinajstić information content (AvgIpc) is 3.24. The number of aromatic nitrogens is 4. The second kappa shape index (κ2) is 7.12. The first-order chi connectivity index (χ1) is 13.1. The number of nitrogen functional groups attached to an aromatic ring is 1. The molecule has 1 aromatic carbocycles. The van der Waals surface area contributed by atoms with Gasteiger partial charge in [0.05, 0.1) is 5.69 Å². The SMILES string of the molecule is CN(C)c1cc2c(cc1Sc1nc3c(N)ncnc3n1CCCN)OCO2. The van der Waals surface area contributed by atoms with Crippen molar-refractivity contribution in [2.45, 2.75) is 23.0 Å². The largest absolute Gasteiger partial charge is 0.454 e. The van der Waals surface area contributed by atoms with E-state index in [1.165, 1.54) is 18.1 Å². The van der Waals surface area contributed by atoms with Gasteiger partial charge < -0.3 is 30.4 Å². The highest BCUT2D eigenvalue weighted by molar-refractivity contribution is 7.99. The molecule has 0 unspecified atom stereocenters. The summed E-state index contributed by atoms with van der Waals surface area (Å²) in [6, 6.07) is 3.95. The summed E-state index contributed by atoms with van der Waals surface area (Å²) in [5.41, 5.74) is 14.0. The first-order valence-corrected chi connectivity index (χ1v) is 9.35. The van der Waals surface area contributed by atoms with Gasteiger partial charge in [-0.25, -0.2) is 15.0 Å². The fourth-order valence-corrected chi connectivity index (χ4v) is 4.04. The van der Waals surface area contributed by atoms with E-state index in [9.17, 15) is 0 Å². The van der Waals surface area contributed by atoms with Crippen molar-refractivity contribution in [1.29, 1.82) is 0 Å². The van der Waals surface area contributed by atoms with Crippen LogP contribution >= 0.6 is 11.8 Å². The minimum atomic E-state index is 0.234. The van der Waals surface area contributed by atoms with Gasteiger partial charge in [0.1, 0.15) is 6.33 Å². The molecule has 0 saturated heterocycles. The van der Waals surface area contributed by atoms with Gasteiger partial charge in [0, 0.05) is 37.7 Å². The van der Waals surface area contributed by atoms with E-state index in [0.29, 0.717) is 30.1 Å². The Morgan fingerprint density at radius 2 is 2.00 bits per heavy atom. The van der Waals surface area contributed by atoms with Crippen molar-refractivity contribution in [3.63, 3.8) is 0 Å². The van der Waals surface area contributed by atoms with Crippen LogP contribution in [-0.4, -0.2) is 47.0 Å². The average molecular weight is 387 g/mol. The zero-order chi connectivity index (χ0) is 19.0. The lowest BCUT2D eigenvalue weighted by Crippen LogP contribution is -2.10. The normalized spacial score (nSPS) is 12.7. The predicted molar refractivity (Wildman–Crippen MR) is 104 cm³/mol. The molecular formula is C17H21N7O2S. The van der Waals surface area contributed by atoms with E-state index in [2.05, 4.69) is 9.97 Å². The molecule has 1 aliphatic heterocycles. The lowest BCUT2D eigenvalue weighted by Gasteiger charge is -2.18. The summed E-state index contributed by atoms with van der Waals surface area (Å²) in [7, 11) is 3.98. The van der Waals surface area contributed by atoms with Crippen molar-refractivity contribution in [3.8, 4) is 11.5 Å². The highest BCUT2D eigenvalue weighted by Crippen LogP contribution is 2.44. The Bertz CT molecular complexity index is 989. The summed E-state index contributed by atoms with van der Waals surface area (Å²) in [5.74, 6) is 1.84. The third kappa shape index (κ3) is 3.21. The Kier molecular flexibility index (Phi) is 4.66. The van der Waals surface area contributed by atoms with E-state index >= 15 is 0 Å². The Morgan fingerprint density at radius 3 is 2.74 bits per heavy atom. The number of hydrogen-bond donors (Lipinski definition) is 2. The minimum absolute atomic E-state index is 0.234. The molecule has 0 fully saturated rings. The van der Waals surface area contributed by atoms with Gasteiger partial charge in [-0.15, -0.1) is 0 Å². The molecule has 27 heavy (non-hydrogen) atoms. The number of benzene rings is 1. The van der Waals surface area contributed by atoms with Gasteiger partial charge in [-0.05, 0) is 24.7 Å². The van der Waals surface area contributed by atoms with E-state index in [1.54, 1.807) is 0 Å². The molecule has 0 aliphatic carbocycles. The first-order valence-electron chi connectivity index (χ1n) is 8.54. The van der Waals surface area contributed by atoms with Gasteiger partial charge >= 0.3 is 0 Å². The lowest BCUT2D eigenvalue weighted by atomic mass is 10.2. The molecule has 142 valence electrons. The van der Waals surface area contributed by atoms with Crippen LogP contribution in [0.15, 0.2) is 28.5 Å². The van der Waals surface area contributed by atoms with Gasteiger partial charge in [-0.2, -0.15) is 0 Å². The molecule has 4 rings (SSSR count). The van der Waals surface area contributed by atoms with Gasteiger partial charge in [-0.3, -0.25) is 0 Å². The maximum absolute atomic E-state index is 6.01. The second-order valence-electron chi connectivity index (χ2n) is 6.29. The molecule has 9 nitrogen and oxygen atoms in total. The molecule has 0 amide bonds. The molecular weight excluding hydrogens is 366 g/mol. The fourth-order valence-electron chi connectivity index (χ4n) is 2.91. The number of rotatable bonds is 6. The van der Waals surface area contributed by atoms with Crippen LogP contribution in [0.5, 0.6) is 11.5 Å². The number of aryl methyl sites for hydroxylation is 1. The van der Waals surface area contributed by atoms with Crippen LogP contribution in [0, 0.1) is 0 Å². The Labute approximate surface area is 160 Å². The fraction of sp³-hybridized carbons (Fsp3) is 0.353. The van der Waals surface area contributed by atoms with E-state index in [1.807, 2.05) is 35.7 Å². The number of nitrogens with zero attached hydrogens (tertiary/aromatic N) is 5. The molecule has 3 heterocycles. The summed E-state index contributed by atoms with van der Waals surface area (Å²) in [6.07, 6.45) is 2.27. The van der Waals surface area contributed by atoms with Crippen LogP contribution in [0.3, 0.4) is 0 Å². The smallest absolute Gasteiger partial charge is 0.231 e. The monoisotopic (exact) mass is 387 g/mol. The summed E-state index contributed by atoms with van der Waals surface area (Å²) >= 11 is 1.53. The van der Waals surface area contributed by atoms with Gasteiger partial charge in [0.15, 0.2) is 33.6 Å². The molecule has 4 N–H and O–H groups in total. The molecule has 0 spiro atoms. The topological polar surface area (TPSA) is 117 Å². The molecule has 0 atom stereocenters. The van der Waals surface area contributed by atoms with Crippen molar-refractivity contribution in [2.75, 3.05) is 38.1 Å². The molecule has 0 radical (unpaired) electrons. The maximum Gasteiger partial charge on any atom is 0.231 e. The van der Waals surface area contributed by atoms with Gasteiger partial charge in [-0.1, -0.05) is 0 Å². The predicted octanol–water partition coefficient (Wildman–Crippen LogP) is 1.70. The Morgan fingerprint density at radius 1 is 1.22 bits per heavy atom. The van der Waals surface area contributed by atoms with Gasteiger partial charge in [0.25, 0.3) is 0 Å². The standard InChI is InChI=1S/C17H21N7O2S/c1-23(2)10-6-11-12(26-9-25-11)7-13(10)27-17-22-14-15(19)20-8-21-16(14)24(17)5-3-4-18/h6-8H,3-5,9,18H2,1-2H3,(H2,19,20,21). The van der Waals surface area contributed by atoms with Crippen LogP contribution in [0.25, 0.3) is 11.2 Å². The molecule has 2 aromatic heterocycles. The maximum atomic E-state index is 6.01. The summed E-state index contributed by atoms with van der Waals surface area (Å²) in [6.45, 7) is 1.52. The lowest BCUT2D eigenvalue weighted by molar-refractivity contribution is 0.174. The zero-order valence-electron chi connectivity index (χ0n) is 15.2. The van der Waals surface area contributed by atoms with Crippen molar-refractivity contribution < 1.29 is 9.47 Å². The molecule has 10 heteroatoms. The molecule has 0 saturated carbocycles. The van der Waals surface area contributed by atoms with Crippen molar-refractivity contribution >= 4 is 34.4 Å². The highest BCUT2D eigenvalue weighted by atomic mass is 32.2. The number of fused-ring (bicyclic) bond motifs is 2. The minimum Gasteiger partial charge on any atom is -0.454 e. The van der Waals surface area contributed by atoms with Crippen LogP contribution in [-0.2, 0) is 6.54 Å². The Balaban J connectivity index is 1.80. The van der Waals surface area contributed by atoms with E-state index in [0.717, 1.165) is 33.7 Å². The summed E-state index contributed by atoms with van der Waals surface area (Å²) < 4.78 is 13.1. The van der Waals surface area contributed by atoms with E-state index < -0.39 is 0 Å². The molecule has 3 aromatic rings. The summed E-state index contributed by atoms with van der Waals surface area (Å²) in [4.78, 5) is 16.2. The molecule has 0 bridgehead atoms. The Hall–Kier alpha value is -2.72. The number of anilines is 2. The van der Waals surface area contributed by atoms with Crippen molar-refractivity contribution in [1.82, 2.24) is 19.5 Å². The number of hydrogen-bond acceptors (Lipinski definition) is 9. The number of ether oxygens (including phenoxy) is 2. The van der Waals surface area contributed by atoms with E-state index in [-0.39, 0.29) is 6.79 Å².